The Morgan fingerprint density at radius 2 is 1.68 bits per heavy atom. The molecule has 0 aliphatic carbocycles. The Labute approximate surface area is 239 Å². The van der Waals surface area contributed by atoms with Gasteiger partial charge in [0.2, 0.25) is 11.9 Å². The molecule has 12 nitrogen and oxygen atoms in total. The smallest absolute Gasteiger partial charge is 0.330 e. The van der Waals surface area contributed by atoms with Crippen LogP contribution in [0.25, 0.3) is 0 Å². The van der Waals surface area contributed by atoms with Gasteiger partial charge in [-0.1, -0.05) is 6.92 Å². The number of methoxy groups -OCH3 is 2. The fraction of sp³-hybridized carbons (Fsp3) is 0.379. The predicted molar refractivity (Wildman–Crippen MR) is 160 cm³/mol. The Hall–Kier alpha value is -4.58. The third-order valence-electron chi connectivity index (χ3n) is 7.40. The normalized spacial score (nSPS) is 15.4. The molecule has 3 amide bonds. The number of nitrogens with one attached hydrogen (secondary N) is 2. The molecule has 0 bridgehead atoms. The van der Waals surface area contributed by atoms with Gasteiger partial charge in [-0.2, -0.15) is 4.98 Å². The molecular formula is C29H36N8O4. The first-order valence-electron chi connectivity index (χ1n) is 13.6. The molecule has 0 spiro atoms. The SMILES string of the molecule is CCN1CCN(c2ccc(NC(C)=O)c(Nc3ncc4c(n3)N(C)C(=O)N(c3cc(OC)cc(OC)c3)C4)c2)CC1. The summed E-state index contributed by atoms with van der Waals surface area (Å²) < 4.78 is 10.8. The van der Waals surface area contributed by atoms with Gasteiger partial charge in [0.15, 0.2) is 0 Å². The fourth-order valence-electron chi connectivity index (χ4n) is 5.09. The van der Waals surface area contributed by atoms with Crippen LogP contribution in [0.2, 0.25) is 0 Å². The van der Waals surface area contributed by atoms with Crippen LogP contribution in [0, 0.1) is 0 Å². The van der Waals surface area contributed by atoms with Crippen LogP contribution in [0.5, 0.6) is 11.5 Å². The van der Waals surface area contributed by atoms with E-state index in [-0.39, 0.29) is 18.5 Å². The zero-order chi connectivity index (χ0) is 29.1. The molecule has 2 aliphatic rings. The van der Waals surface area contributed by atoms with Crippen molar-refractivity contribution in [1.82, 2.24) is 14.9 Å². The molecular weight excluding hydrogens is 524 g/mol. The van der Waals surface area contributed by atoms with Crippen molar-refractivity contribution in [3.05, 3.63) is 48.2 Å². The highest BCUT2D eigenvalue weighted by Gasteiger charge is 2.31. The number of nitrogens with zero attached hydrogens (tertiary/aromatic N) is 6. The zero-order valence-electron chi connectivity index (χ0n) is 24.1. The number of piperazine rings is 1. The maximum absolute atomic E-state index is 13.4. The van der Waals surface area contributed by atoms with Crippen LogP contribution >= 0.6 is 0 Å². The van der Waals surface area contributed by atoms with Gasteiger partial charge in [0.05, 0.1) is 37.8 Å². The van der Waals surface area contributed by atoms with Crippen LogP contribution in [0.4, 0.5) is 39.3 Å². The number of likely N-dealkylation sites (N-methyl/N-ethyl adjacent to an activating group) is 1. The van der Waals surface area contributed by atoms with Crippen LogP contribution in [-0.4, -0.2) is 80.8 Å². The summed E-state index contributed by atoms with van der Waals surface area (Å²) in [5.74, 6) is 1.82. The van der Waals surface area contributed by atoms with E-state index < -0.39 is 0 Å². The lowest BCUT2D eigenvalue weighted by Crippen LogP contribution is -2.46. The Morgan fingerprint density at radius 3 is 2.32 bits per heavy atom. The van der Waals surface area contributed by atoms with Crippen LogP contribution in [0.3, 0.4) is 0 Å². The molecule has 41 heavy (non-hydrogen) atoms. The van der Waals surface area contributed by atoms with Crippen molar-refractivity contribution in [2.24, 2.45) is 0 Å². The van der Waals surface area contributed by atoms with Gasteiger partial charge in [0.25, 0.3) is 0 Å². The molecule has 0 unspecified atom stereocenters. The molecule has 0 radical (unpaired) electrons. The van der Waals surface area contributed by atoms with Crippen LogP contribution in [-0.2, 0) is 11.3 Å². The van der Waals surface area contributed by atoms with Crippen molar-refractivity contribution < 1.29 is 19.1 Å². The topological polar surface area (TPSA) is 115 Å². The second kappa shape index (κ2) is 11.9. The van der Waals surface area contributed by atoms with E-state index >= 15 is 0 Å². The molecule has 2 N–H and O–H groups in total. The Kier molecular flexibility index (Phi) is 8.11. The summed E-state index contributed by atoms with van der Waals surface area (Å²) in [4.78, 5) is 42.5. The van der Waals surface area contributed by atoms with E-state index in [9.17, 15) is 9.59 Å². The van der Waals surface area contributed by atoms with Crippen LogP contribution < -0.4 is 34.8 Å². The van der Waals surface area contributed by atoms with E-state index in [1.165, 1.54) is 11.8 Å². The number of carbonyl (C=O) groups is 2. The van der Waals surface area contributed by atoms with E-state index in [0.717, 1.165) is 44.0 Å². The van der Waals surface area contributed by atoms with Gasteiger partial charge in [-0.05, 0) is 24.7 Å². The standard InChI is InChI=1S/C29H36N8O4/c1-6-35-9-11-36(12-10-35)21-7-8-25(31-19(2)38)26(15-21)32-28-30-17-20-18-37(29(39)34(3)27(20)33-28)22-13-23(40-4)16-24(14-22)41-5/h7-8,13-17H,6,9-12,18H2,1-5H3,(H,31,38)(H,30,32,33). The highest BCUT2D eigenvalue weighted by molar-refractivity contribution is 6.05. The summed E-state index contributed by atoms with van der Waals surface area (Å²) in [6.45, 7) is 8.82. The highest BCUT2D eigenvalue weighted by atomic mass is 16.5. The first kappa shape index (κ1) is 28.0. The minimum atomic E-state index is -0.246. The Bertz CT molecular complexity index is 1420. The number of ether oxygens (including phenoxy) is 2. The van der Waals surface area contributed by atoms with Gasteiger partial charge in [0, 0.05) is 75.8 Å². The van der Waals surface area contributed by atoms with E-state index in [2.05, 4.69) is 32.3 Å². The molecule has 0 saturated carbocycles. The molecule has 1 aromatic heterocycles. The fourth-order valence-corrected chi connectivity index (χ4v) is 5.09. The minimum absolute atomic E-state index is 0.177. The molecule has 5 rings (SSSR count). The summed E-state index contributed by atoms with van der Waals surface area (Å²) in [6.07, 6.45) is 1.71. The number of aromatic nitrogens is 2. The summed E-state index contributed by atoms with van der Waals surface area (Å²) in [5.41, 5.74) is 3.77. The third-order valence-corrected chi connectivity index (χ3v) is 7.40. The number of fused-ring (bicyclic) bond motifs is 1. The second-order valence-electron chi connectivity index (χ2n) is 10.00. The molecule has 216 valence electrons. The van der Waals surface area contributed by atoms with Crippen molar-refractivity contribution in [3.8, 4) is 11.5 Å². The maximum atomic E-state index is 13.4. The number of amides is 3. The van der Waals surface area contributed by atoms with Crippen LogP contribution in [0.1, 0.15) is 19.4 Å². The average molecular weight is 561 g/mol. The number of anilines is 6. The number of rotatable bonds is 8. The first-order valence-corrected chi connectivity index (χ1v) is 13.6. The maximum Gasteiger partial charge on any atom is 0.330 e. The van der Waals surface area contributed by atoms with E-state index in [0.29, 0.717) is 40.3 Å². The molecule has 1 saturated heterocycles. The lowest BCUT2D eigenvalue weighted by atomic mass is 10.2. The van der Waals surface area contributed by atoms with Crippen molar-refractivity contribution in [2.45, 2.75) is 20.4 Å². The largest absolute Gasteiger partial charge is 0.497 e. The van der Waals surface area contributed by atoms with Crippen molar-refractivity contribution in [3.63, 3.8) is 0 Å². The number of benzene rings is 2. The quantitative estimate of drug-likeness (QED) is 0.423. The monoisotopic (exact) mass is 560 g/mol. The highest BCUT2D eigenvalue weighted by Crippen LogP contribution is 2.35. The van der Waals surface area contributed by atoms with Gasteiger partial charge >= 0.3 is 6.03 Å². The summed E-state index contributed by atoms with van der Waals surface area (Å²) in [7, 11) is 4.82. The summed E-state index contributed by atoms with van der Waals surface area (Å²) >= 11 is 0. The molecule has 12 heteroatoms. The van der Waals surface area contributed by atoms with Gasteiger partial charge in [0.1, 0.15) is 17.3 Å². The first-order chi connectivity index (χ1) is 19.8. The number of hydrogen-bond acceptors (Lipinski definition) is 9. The van der Waals surface area contributed by atoms with E-state index in [1.807, 2.05) is 18.2 Å². The lowest BCUT2D eigenvalue weighted by molar-refractivity contribution is -0.114. The van der Waals surface area contributed by atoms with E-state index in [1.54, 1.807) is 50.6 Å². The number of urea groups is 1. The number of hydrogen-bond donors (Lipinski definition) is 2. The number of carbonyl (C=O) groups excluding carboxylic acids is 2. The predicted octanol–water partition coefficient (Wildman–Crippen LogP) is 3.91. The molecule has 3 heterocycles. The molecule has 3 aromatic rings. The Morgan fingerprint density at radius 1 is 0.976 bits per heavy atom. The minimum Gasteiger partial charge on any atom is -0.497 e. The van der Waals surface area contributed by atoms with Gasteiger partial charge in [-0.15, -0.1) is 0 Å². The lowest BCUT2D eigenvalue weighted by Gasteiger charge is -2.36. The molecule has 2 aromatic carbocycles. The molecule has 0 atom stereocenters. The second-order valence-corrected chi connectivity index (χ2v) is 10.00. The van der Waals surface area contributed by atoms with Crippen molar-refractivity contribution in [2.75, 3.05) is 79.3 Å². The average Bonchev–Trinajstić information content (AvgIpc) is 2.99. The van der Waals surface area contributed by atoms with Gasteiger partial charge in [-0.25, -0.2) is 9.78 Å². The van der Waals surface area contributed by atoms with Crippen LogP contribution in [0.15, 0.2) is 42.6 Å². The molecule has 2 aliphatic heterocycles. The zero-order valence-corrected chi connectivity index (χ0v) is 24.1. The van der Waals surface area contributed by atoms with Crippen molar-refractivity contribution in [1.29, 1.82) is 0 Å². The van der Waals surface area contributed by atoms with Gasteiger partial charge in [-0.3, -0.25) is 14.6 Å². The summed E-state index contributed by atoms with van der Waals surface area (Å²) in [5, 5.41) is 6.16. The van der Waals surface area contributed by atoms with Crippen molar-refractivity contribution >= 4 is 46.5 Å². The summed E-state index contributed by atoms with van der Waals surface area (Å²) in [6, 6.07) is 11.0. The third kappa shape index (κ3) is 5.97. The van der Waals surface area contributed by atoms with Gasteiger partial charge < -0.3 is 29.9 Å². The Balaban J connectivity index is 1.41. The molecule has 1 fully saturated rings. The van der Waals surface area contributed by atoms with E-state index in [4.69, 9.17) is 14.5 Å².